The van der Waals surface area contributed by atoms with Crippen molar-refractivity contribution in [2.75, 3.05) is 25.1 Å². The summed E-state index contributed by atoms with van der Waals surface area (Å²) in [4.78, 5) is 15.3. The SMILES string of the molecule is CCN1CC(C(=O)NCc2ccc(S(=O)(=O)c3cc(C(C)(C)C)ccc3OC)cc2)Cc2cn[nH]c21. The molecule has 36 heavy (non-hydrogen) atoms. The van der Waals surface area contributed by atoms with Crippen molar-refractivity contribution >= 4 is 21.6 Å². The smallest absolute Gasteiger partial charge is 0.225 e. The maximum absolute atomic E-state index is 13.5. The van der Waals surface area contributed by atoms with E-state index in [0.717, 1.165) is 29.1 Å². The number of carbonyl (C=O) groups excluding carboxylic acids is 1. The normalized spacial score (nSPS) is 15.9. The van der Waals surface area contributed by atoms with Crippen LogP contribution in [0.4, 0.5) is 5.82 Å². The largest absolute Gasteiger partial charge is 0.495 e. The van der Waals surface area contributed by atoms with Crippen molar-refractivity contribution in [2.24, 2.45) is 5.92 Å². The van der Waals surface area contributed by atoms with Crippen LogP contribution in [-0.2, 0) is 33.0 Å². The highest BCUT2D eigenvalue weighted by Crippen LogP contribution is 2.34. The van der Waals surface area contributed by atoms with Gasteiger partial charge in [-0.3, -0.25) is 9.89 Å². The van der Waals surface area contributed by atoms with Gasteiger partial charge in [0.15, 0.2) is 0 Å². The molecule has 1 unspecified atom stereocenters. The molecule has 3 aromatic rings. The quantitative estimate of drug-likeness (QED) is 0.500. The third-order valence-electron chi connectivity index (χ3n) is 6.69. The van der Waals surface area contributed by atoms with Gasteiger partial charge < -0.3 is 15.0 Å². The average molecular weight is 511 g/mol. The van der Waals surface area contributed by atoms with E-state index in [2.05, 4.69) is 27.3 Å². The molecule has 8 nitrogen and oxygen atoms in total. The number of amides is 1. The maximum atomic E-state index is 13.5. The summed E-state index contributed by atoms with van der Waals surface area (Å²) < 4.78 is 32.3. The van der Waals surface area contributed by atoms with E-state index < -0.39 is 9.84 Å². The molecule has 2 N–H and O–H groups in total. The molecule has 4 rings (SSSR count). The number of aromatic nitrogens is 2. The molecule has 0 fully saturated rings. The van der Waals surface area contributed by atoms with Crippen molar-refractivity contribution in [3.8, 4) is 5.75 Å². The molecule has 0 saturated heterocycles. The topological polar surface area (TPSA) is 104 Å². The number of ether oxygens (including phenoxy) is 1. The second kappa shape index (κ2) is 9.97. The summed E-state index contributed by atoms with van der Waals surface area (Å²) in [5, 5.41) is 10.1. The van der Waals surface area contributed by atoms with Crippen molar-refractivity contribution in [3.05, 3.63) is 65.4 Å². The predicted molar refractivity (Wildman–Crippen MR) is 139 cm³/mol. The summed E-state index contributed by atoms with van der Waals surface area (Å²) >= 11 is 0. The minimum absolute atomic E-state index is 0.0271. The van der Waals surface area contributed by atoms with Crippen LogP contribution in [0, 0.1) is 5.92 Å². The molecule has 1 aliphatic rings. The third-order valence-corrected chi connectivity index (χ3v) is 8.48. The molecule has 0 bridgehead atoms. The molecule has 0 aliphatic carbocycles. The number of aromatic amines is 1. The first-order valence-corrected chi connectivity index (χ1v) is 13.6. The van der Waals surface area contributed by atoms with E-state index in [1.807, 2.05) is 26.8 Å². The second-order valence-corrected chi connectivity index (χ2v) is 12.1. The molecule has 0 saturated carbocycles. The number of nitrogens with one attached hydrogen (secondary N) is 2. The van der Waals surface area contributed by atoms with E-state index in [-0.39, 0.29) is 27.0 Å². The van der Waals surface area contributed by atoms with E-state index in [1.165, 1.54) is 7.11 Å². The van der Waals surface area contributed by atoms with Crippen LogP contribution in [0.2, 0.25) is 0 Å². The number of H-pyrrole nitrogens is 1. The molecule has 1 aromatic heterocycles. The zero-order valence-corrected chi connectivity index (χ0v) is 22.3. The molecule has 1 aliphatic heterocycles. The van der Waals surface area contributed by atoms with Crippen LogP contribution >= 0.6 is 0 Å². The van der Waals surface area contributed by atoms with Gasteiger partial charge in [-0.05, 0) is 54.2 Å². The van der Waals surface area contributed by atoms with E-state index in [4.69, 9.17) is 4.74 Å². The molecule has 0 spiro atoms. The lowest BCUT2D eigenvalue weighted by Gasteiger charge is -2.32. The first-order valence-electron chi connectivity index (χ1n) is 12.1. The fourth-order valence-electron chi connectivity index (χ4n) is 4.48. The zero-order chi connectivity index (χ0) is 26.1. The van der Waals surface area contributed by atoms with Crippen LogP contribution in [0.1, 0.15) is 44.4 Å². The summed E-state index contributed by atoms with van der Waals surface area (Å²) in [6, 6.07) is 11.9. The minimum atomic E-state index is -3.79. The monoisotopic (exact) mass is 510 g/mol. The Kier molecular flexibility index (Phi) is 7.13. The Hall–Kier alpha value is -3.33. The first-order chi connectivity index (χ1) is 17.0. The fourth-order valence-corrected chi connectivity index (χ4v) is 5.92. The third kappa shape index (κ3) is 5.11. The van der Waals surface area contributed by atoms with Crippen molar-refractivity contribution in [3.63, 3.8) is 0 Å². The van der Waals surface area contributed by atoms with Gasteiger partial charge in [0.05, 0.1) is 24.1 Å². The summed E-state index contributed by atoms with van der Waals surface area (Å²) in [5.74, 6) is 1.11. The number of hydrogen-bond donors (Lipinski definition) is 2. The number of hydrogen-bond acceptors (Lipinski definition) is 6. The molecule has 0 radical (unpaired) electrons. The number of anilines is 1. The van der Waals surface area contributed by atoms with Crippen molar-refractivity contribution in [2.45, 2.75) is 55.9 Å². The van der Waals surface area contributed by atoms with Gasteiger partial charge in [0.2, 0.25) is 15.7 Å². The van der Waals surface area contributed by atoms with Crippen LogP contribution < -0.4 is 15.0 Å². The number of rotatable bonds is 7. The molecule has 2 aromatic carbocycles. The first kappa shape index (κ1) is 25.8. The van der Waals surface area contributed by atoms with Crippen molar-refractivity contribution in [1.29, 1.82) is 0 Å². The fraction of sp³-hybridized carbons (Fsp3) is 0.407. The Balaban J connectivity index is 1.47. The van der Waals surface area contributed by atoms with Crippen LogP contribution in [0.3, 0.4) is 0 Å². The number of sulfone groups is 1. The van der Waals surface area contributed by atoms with Gasteiger partial charge in [-0.2, -0.15) is 5.10 Å². The van der Waals surface area contributed by atoms with E-state index in [1.54, 1.807) is 42.6 Å². The molecule has 1 amide bonds. The number of nitrogens with zero attached hydrogens (tertiary/aromatic N) is 2. The van der Waals surface area contributed by atoms with Gasteiger partial charge in [-0.25, -0.2) is 8.42 Å². The lowest BCUT2D eigenvalue weighted by molar-refractivity contribution is -0.125. The van der Waals surface area contributed by atoms with Crippen molar-refractivity contribution < 1.29 is 17.9 Å². The highest BCUT2D eigenvalue weighted by molar-refractivity contribution is 7.91. The van der Waals surface area contributed by atoms with E-state index in [9.17, 15) is 13.2 Å². The lowest BCUT2D eigenvalue weighted by Crippen LogP contribution is -2.43. The van der Waals surface area contributed by atoms with Crippen LogP contribution in [-0.4, -0.2) is 44.7 Å². The van der Waals surface area contributed by atoms with E-state index in [0.29, 0.717) is 25.3 Å². The predicted octanol–water partition coefficient (Wildman–Crippen LogP) is 3.86. The van der Waals surface area contributed by atoms with Gasteiger partial charge in [-0.1, -0.05) is 39.0 Å². The Morgan fingerprint density at radius 3 is 2.56 bits per heavy atom. The van der Waals surface area contributed by atoms with Crippen molar-refractivity contribution in [1.82, 2.24) is 15.5 Å². The van der Waals surface area contributed by atoms with Gasteiger partial charge in [0, 0.05) is 25.2 Å². The molecule has 9 heteroatoms. The summed E-state index contributed by atoms with van der Waals surface area (Å²) in [5.41, 5.74) is 2.58. The van der Waals surface area contributed by atoms with Crippen LogP contribution in [0.5, 0.6) is 5.75 Å². The second-order valence-electron chi connectivity index (χ2n) is 10.2. The molecule has 2 heterocycles. The summed E-state index contributed by atoms with van der Waals surface area (Å²) in [6.07, 6.45) is 2.42. The molecular weight excluding hydrogens is 476 g/mol. The van der Waals surface area contributed by atoms with Crippen LogP contribution in [0.15, 0.2) is 58.5 Å². The number of fused-ring (bicyclic) bond motifs is 1. The van der Waals surface area contributed by atoms with E-state index >= 15 is 0 Å². The van der Waals surface area contributed by atoms with Gasteiger partial charge in [0.25, 0.3) is 0 Å². The average Bonchev–Trinajstić information content (AvgIpc) is 3.35. The zero-order valence-electron chi connectivity index (χ0n) is 21.5. The Labute approximate surface area is 213 Å². The van der Waals surface area contributed by atoms with Gasteiger partial charge in [-0.15, -0.1) is 0 Å². The number of benzene rings is 2. The maximum Gasteiger partial charge on any atom is 0.225 e. The highest BCUT2D eigenvalue weighted by Gasteiger charge is 2.30. The molecule has 1 atom stereocenters. The molecular formula is C27H34N4O4S. The minimum Gasteiger partial charge on any atom is -0.495 e. The molecule has 192 valence electrons. The lowest BCUT2D eigenvalue weighted by atomic mass is 9.87. The van der Waals surface area contributed by atoms with Gasteiger partial charge in [0.1, 0.15) is 16.5 Å². The Morgan fingerprint density at radius 2 is 1.92 bits per heavy atom. The summed E-state index contributed by atoms with van der Waals surface area (Å²) in [6.45, 7) is 9.90. The van der Waals surface area contributed by atoms with Crippen LogP contribution in [0.25, 0.3) is 0 Å². The Morgan fingerprint density at radius 1 is 1.19 bits per heavy atom. The number of methoxy groups -OCH3 is 1. The van der Waals surface area contributed by atoms with Gasteiger partial charge >= 0.3 is 0 Å². The number of carbonyl (C=O) groups is 1. The Bertz CT molecular complexity index is 1340. The highest BCUT2D eigenvalue weighted by atomic mass is 32.2. The summed E-state index contributed by atoms with van der Waals surface area (Å²) in [7, 11) is -2.32. The standard InChI is InChI=1S/C27H34N4O4S/c1-6-31-17-20(13-19-16-29-30-25(19)31)26(32)28-15-18-7-10-22(11-8-18)36(33,34)24-14-21(27(2,3)4)9-12-23(24)35-5/h7-12,14,16,20H,6,13,15,17H2,1-5H3,(H,28,32)(H,29,30).